The number of carbonyl (C=O) groups excluding carboxylic acids is 3. The van der Waals surface area contributed by atoms with E-state index in [2.05, 4.69) is 38.2 Å². The first-order chi connectivity index (χ1) is 31.8. The molecule has 6 aliphatic heterocycles. The maximum Gasteiger partial charge on any atom is 0.509 e. The van der Waals surface area contributed by atoms with Gasteiger partial charge in [-0.3, -0.25) is 14.6 Å². The first-order valence-electron chi connectivity index (χ1n) is 22.2. The second-order valence-electron chi connectivity index (χ2n) is 19.4. The molecule has 364 valence electrons. The average Bonchev–Trinajstić information content (AvgIpc) is 4.11. The van der Waals surface area contributed by atoms with E-state index in [1.165, 1.54) is 23.3 Å². The predicted molar refractivity (Wildman–Crippen MR) is 270 cm³/mol. The van der Waals surface area contributed by atoms with Crippen LogP contribution in [0.3, 0.4) is 0 Å². The van der Waals surface area contributed by atoms with Crippen molar-refractivity contribution < 1.29 is 57.4 Å². The van der Waals surface area contributed by atoms with Gasteiger partial charge in [0.15, 0.2) is 35.2 Å². The van der Waals surface area contributed by atoms with Gasteiger partial charge >= 0.3 is 12.3 Å². The highest BCUT2D eigenvalue weighted by molar-refractivity contribution is 8.68. The molecule has 2 saturated heterocycles. The van der Waals surface area contributed by atoms with Gasteiger partial charge in [0, 0.05) is 85.4 Å². The summed E-state index contributed by atoms with van der Waals surface area (Å²) in [7, 11) is 7.36. The number of benzene rings is 2. The van der Waals surface area contributed by atoms with E-state index >= 15 is 0 Å². The van der Waals surface area contributed by atoms with E-state index in [1.54, 1.807) is 68.2 Å². The van der Waals surface area contributed by atoms with Gasteiger partial charge < -0.3 is 43.0 Å². The lowest BCUT2D eigenvalue weighted by Gasteiger charge is -2.41. The number of carbonyl (C=O) groups is 3. The Kier molecular flexibility index (Phi) is 14.9. The molecule has 2 spiro atoms. The van der Waals surface area contributed by atoms with Gasteiger partial charge in [-0.1, -0.05) is 0 Å². The maximum atomic E-state index is 13.4. The Morgan fingerprint density at radius 3 is 1.66 bits per heavy atom. The number of aliphatic hydroxyl groups is 1. The van der Waals surface area contributed by atoms with Crippen LogP contribution in [0.5, 0.6) is 23.0 Å². The van der Waals surface area contributed by atoms with E-state index in [9.17, 15) is 19.5 Å². The van der Waals surface area contributed by atoms with Crippen LogP contribution in [-0.2, 0) is 103 Å². The van der Waals surface area contributed by atoms with Gasteiger partial charge in [0.2, 0.25) is 19.4 Å². The van der Waals surface area contributed by atoms with Crippen molar-refractivity contribution in [2.24, 2.45) is 0 Å². The molecule has 14 nitrogen and oxygen atoms in total. The van der Waals surface area contributed by atoms with Crippen molar-refractivity contribution in [1.82, 2.24) is 9.80 Å². The van der Waals surface area contributed by atoms with Gasteiger partial charge in [0.25, 0.3) is 0 Å². The number of ketones is 1. The van der Waals surface area contributed by atoms with E-state index in [0.717, 1.165) is 115 Å². The zero-order chi connectivity index (χ0) is 48.1. The number of fused-ring (bicyclic) bond motifs is 6. The van der Waals surface area contributed by atoms with Crippen LogP contribution < -0.4 is 18.9 Å². The Balaban J connectivity index is 0.000000159. The summed E-state index contributed by atoms with van der Waals surface area (Å²) in [5.74, 6) is 2.78. The highest BCUT2D eigenvalue weighted by Gasteiger charge is 2.63. The SMILES string of the molecule is CC1=C2c3cc4c(cc3CCN3CCC[C@]23C(OC(=O)OC(C)(C)C)C1=O)OCO4.CC1=C2c3cc4c(cc3CCN3CCC[C@]23C(OC(=O)OC(C)(C)C)[C@@H]1O)OCO4.S=S=S=S=S=S=S. The van der Waals surface area contributed by atoms with Gasteiger partial charge in [-0.25, -0.2) is 9.59 Å². The Hall–Kier alpha value is -3.25. The fraction of sp³-hybridized carbons (Fsp3) is 0.587. The van der Waals surface area contributed by atoms with Crippen molar-refractivity contribution in [2.75, 3.05) is 39.8 Å². The van der Waals surface area contributed by atoms with Crippen molar-refractivity contribution in [3.8, 4) is 23.0 Å². The van der Waals surface area contributed by atoms with Gasteiger partial charge in [0.05, 0.1) is 11.1 Å². The first-order valence-corrected chi connectivity index (χ1v) is 30.2. The number of hydrogen-bond donors (Lipinski definition) is 1. The van der Waals surface area contributed by atoms with E-state index in [1.807, 2.05) is 32.0 Å². The van der Waals surface area contributed by atoms with Crippen LogP contribution in [-0.4, -0.2) is 113 Å². The number of Topliss-reactive ketones (excluding diaryl/α,β-unsaturated/α-hetero) is 1. The summed E-state index contributed by atoms with van der Waals surface area (Å²) < 4.78 is 44.8. The van der Waals surface area contributed by atoms with E-state index < -0.39 is 52.9 Å². The lowest BCUT2D eigenvalue weighted by molar-refractivity contribution is -0.130. The highest BCUT2D eigenvalue weighted by Crippen LogP contribution is 2.57. The third-order valence-corrected chi connectivity index (χ3v) is 22.2. The molecule has 21 heteroatoms. The molecule has 0 bridgehead atoms. The summed E-state index contributed by atoms with van der Waals surface area (Å²) in [6.07, 6.45) is 1.16. The number of aliphatic hydroxyl groups excluding tert-OH is 1. The molecule has 1 N–H and O–H groups in total. The topological polar surface area (TPSA) is 152 Å². The summed E-state index contributed by atoms with van der Waals surface area (Å²) in [6.45, 7) is 18.3. The minimum Gasteiger partial charge on any atom is -0.454 e. The normalized spacial score (nSPS) is 26.3. The predicted octanol–water partition coefficient (Wildman–Crippen LogP) is 6.74. The Bertz CT molecular complexity index is 2650. The lowest BCUT2D eigenvalue weighted by Crippen LogP contribution is -2.55. The third-order valence-electron chi connectivity index (χ3n) is 13.3. The molecule has 2 aromatic carbocycles. The number of hydrogen-bond acceptors (Lipinski definition) is 16. The van der Waals surface area contributed by atoms with E-state index in [4.69, 9.17) is 37.9 Å². The quantitative estimate of drug-likeness (QED) is 0.316. The number of ether oxygens (including phenoxy) is 8. The second-order valence-corrected chi connectivity index (χ2v) is 28.3. The second kappa shape index (κ2) is 19.9. The van der Waals surface area contributed by atoms with Crippen molar-refractivity contribution >= 4 is 96.0 Å². The van der Waals surface area contributed by atoms with E-state index in [-0.39, 0.29) is 19.4 Å². The highest BCUT2D eigenvalue weighted by atomic mass is 33.4. The van der Waals surface area contributed by atoms with Crippen molar-refractivity contribution in [3.63, 3.8) is 0 Å². The standard InChI is InChI=1S/C23H29NO6.C23H27NO6.S7/c2*1-13-18-15-11-17-16(27-12-28-17)10-14(15)6-9-24-8-5-7-23(18,24)20(19(13)25)29-21(26)30-22(2,3)4;1-3-5-7-6-4-2/h10-11,19-20,25H,5-9,12H2,1-4H3;10-11,20H,5-9,12H2,1-4H3;/t19-,20?,23-;20?,23-;/m11./s1. The molecule has 10 rings (SSSR count). The van der Waals surface area contributed by atoms with Gasteiger partial charge in [-0.2, -0.15) is 0 Å². The molecule has 8 aliphatic rings. The Morgan fingerprint density at radius 1 is 0.687 bits per heavy atom. The molecule has 5 atom stereocenters. The van der Waals surface area contributed by atoms with Crippen molar-refractivity contribution in [2.45, 2.75) is 135 Å². The van der Waals surface area contributed by atoms with Gasteiger partial charge in [-0.15, -0.1) is 0 Å². The molecular formula is C46H56N2O12S7. The average molecular weight is 1050 g/mol. The van der Waals surface area contributed by atoms with Crippen LogP contribution in [0.1, 0.15) is 103 Å². The summed E-state index contributed by atoms with van der Waals surface area (Å²) >= 11 is 9.14. The molecule has 2 aromatic rings. The lowest BCUT2D eigenvalue weighted by atomic mass is 9.81. The smallest absolute Gasteiger partial charge is 0.454 e. The summed E-state index contributed by atoms with van der Waals surface area (Å²) in [6, 6.07) is 8.11. The molecule has 0 aromatic heterocycles. The molecule has 2 fully saturated rings. The minimum atomic E-state index is -0.902. The molecule has 2 aliphatic carbocycles. The van der Waals surface area contributed by atoms with Crippen LogP contribution in [0.4, 0.5) is 9.59 Å². The van der Waals surface area contributed by atoms with Crippen LogP contribution in [0, 0.1) is 0 Å². The zero-order valence-corrected chi connectivity index (χ0v) is 44.4. The Morgan fingerprint density at radius 2 is 1.15 bits per heavy atom. The molecule has 0 saturated carbocycles. The Labute approximate surface area is 415 Å². The molecule has 0 radical (unpaired) electrons. The van der Waals surface area contributed by atoms with Crippen LogP contribution in [0.25, 0.3) is 11.1 Å². The molecular weight excluding hydrogens is 997 g/mol. The monoisotopic (exact) mass is 1050 g/mol. The minimum absolute atomic E-state index is 0.145. The molecule has 67 heavy (non-hydrogen) atoms. The fourth-order valence-electron chi connectivity index (χ4n) is 11.0. The summed E-state index contributed by atoms with van der Waals surface area (Å²) in [4.78, 5) is 43.2. The van der Waals surface area contributed by atoms with Crippen LogP contribution >= 0.6 is 0 Å². The van der Waals surface area contributed by atoms with Crippen molar-refractivity contribution in [1.29, 1.82) is 0 Å². The molecule has 6 heterocycles. The van der Waals surface area contributed by atoms with E-state index in [0.29, 0.717) is 11.3 Å². The summed E-state index contributed by atoms with van der Waals surface area (Å²) in [5.41, 5.74) is 5.33. The van der Waals surface area contributed by atoms with Crippen molar-refractivity contribution in [3.05, 3.63) is 57.7 Å². The van der Waals surface area contributed by atoms with Gasteiger partial charge in [-0.05, 0) is 170 Å². The number of nitrogens with zero attached hydrogens (tertiary/aromatic N) is 2. The first kappa shape index (κ1) is 50.1. The zero-order valence-electron chi connectivity index (χ0n) is 38.7. The fourth-order valence-corrected chi connectivity index (χ4v) is 19.3. The third kappa shape index (κ3) is 9.67. The summed E-state index contributed by atoms with van der Waals surface area (Å²) in [5, 5.41) is 11.2. The van der Waals surface area contributed by atoms with Gasteiger partial charge in [0.1, 0.15) is 17.3 Å². The van der Waals surface area contributed by atoms with Crippen LogP contribution in [0.15, 0.2) is 35.4 Å². The molecule has 0 amide bonds. The largest absolute Gasteiger partial charge is 0.509 e. The molecule has 2 unspecified atom stereocenters. The number of rotatable bonds is 2. The maximum absolute atomic E-state index is 13.4. The van der Waals surface area contributed by atoms with Crippen LogP contribution in [0.2, 0.25) is 0 Å².